The summed E-state index contributed by atoms with van der Waals surface area (Å²) in [7, 11) is -1.93. The van der Waals surface area contributed by atoms with E-state index in [4.69, 9.17) is 10.5 Å². The molecule has 114 valence electrons. The number of rotatable bonds is 8. The van der Waals surface area contributed by atoms with Crippen LogP contribution in [-0.4, -0.2) is 28.7 Å². The zero-order chi connectivity index (χ0) is 15.2. The Hall–Kier alpha value is -1.11. The molecule has 0 aliphatic carbocycles. The van der Waals surface area contributed by atoms with E-state index in [9.17, 15) is 8.42 Å². The van der Waals surface area contributed by atoms with Crippen molar-refractivity contribution < 1.29 is 13.2 Å². The molecule has 0 aromatic heterocycles. The summed E-state index contributed by atoms with van der Waals surface area (Å²) in [5.41, 5.74) is 8.12. The zero-order valence-electron chi connectivity index (χ0n) is 12.4. The highest BCUT2D eigenvalue weighted by Gasteiger charge is 2.19. The number of nitrogens with one attached hydrogen (secondary N) is 1. The van der Waals surface area contributed by atoms with E-state index in [2.05, 4.69) is 4.72 Å². The topological polar surface area (TPSA) is 81.4 Å². The fourth-order valence-corrected chi connectivity index (χ4v) is 3.51. The molecule has 1 aromatic carbocycles. The third-order valence-corrected chi connectivity index (χ3v) is 4.70. The first-order chi connectivity index (χ1) is 9.46. The van der Waals surface area contributed by atoms with Crippen molar-refractivity contribution in [2.45, 2.75) is 38.0 Å². The molecule has 0 aliphatic heterocycles. The SMILES string of the molecule is CCc1cc(N)c(CC)c(S(=O)(=O)NCCCOC)c1. The highest BCUT2D eigenvalue weighted by molar-refractivity contribution is 7.89. The molecule has 0 heterocycles. The maximum absolute atomic E-state index is 12.4. The quantitative estimate of drug-likeness (QED) is 0.565. The number of ether oxygens (including phenoxy) is 1. The number of aryl methyl sites for hydroxylation is 1. The number of hydrogen-bond donors (Lipinski definition) is 2. The second kappa shape index (κ2) is 7.61. The van der Waals surface area contributed by atoms with Crippen LogP contribution in [0.25, 0.3) is 0 Å². The Morgan fingerprint density at radius 2 is 1.95 bits per heavy atom. The van der Waals surface area contributed by atoms with E-state index in [-0.39, 0.29) is 0 Å². The number of nitrogens with two attached hydrogens (primary N) is 1. The summed E-state index contributed by atoms with van der Waals surface area (Å²) in [6, 6.07) is 3.57. The Morgan fingerprint density at radius 3 is 2.50 bits per heavy atom. The van der Waals surface area contributed by atoms with Crippen molar-refractivity contribution >= 4 is 15.7 Å². The van der Waals surface area contributed by atoms with E-state index in [1.165, 1.54) is 0 Å². The van der Waals surface area contributed by atoms with E-state index >= 15 is 0 Å². The fourth-order valence-electron chi connectivity index (χ4n) is 2.05. The molecule has 1 rings (SSSR count). The molecule has 0 atom stereocenters. The van der Waals surface area contributed by atoms with Crippen molar-refractivity contribution in [2.75, 3.05) is 26.0 Å². The molecule has 3 N–H and O–H groups in total. The summed E-state index contributed by atoms with van der Waals surface area (Å²) >= 11 is 0. The molecule has 0 fully saturated rings. The van der Waals surface area contributed by atoms with Crippen molar-refractivity contribution in [3.05, 3.63) is 23.3 Å². The number of anilines is 1. The predicted molar refractivity (Wildman–Crippen MR) is 81.3 cm³/mol. The molecule has 0 radical (unpaired) electrons. The first-order valence-electron chi connectivity index (χ1n) is 6.86. The van der Waals surface area contributed by atoms with Crippen molar-refractivity contribution in [3.8, 4) is 0 Å². The predicted octanol–water partition coefficient (Wildman–Crippen LogP) is 1.71. The first kappa shape index (κ1) is 16.9. The number of hydrogen-bond acceptors (Lipinski definition) is 4. The van der Waals surface area contributed by atoms with E-state index in [1.807, 2.05) is 19.9 Å². The molecule has 0 saturated heterocycles. The minimum Gasteiger partial charge on any atom is -0.398 e. The van der Waals surface area contributed by atoms with Crippen LogP contribution in [0.4, 0.5) is 5.69 Å². The van der Waals surface area contributed by atoms with Gasteiger partial charge in [0.2, 0.25) is 10.0 Å². The van der Waals surface area contributed by atoms with E-state index in [0.29, 0.717) is 42.1 Å². The van der Waals surface area contributed by atoms with E-state index in [0.717, 1.165) is 12.0 Å². The van der Waals surface area contributed by atoms with Crippen LogP contribution in [0.15, 0.2) is 17.0 Å². The molecular formula is C14H24N2O3S. The maximum Gasteiger partial charge on any atom is 0.240 e. The van der Waals surface area contributed by atoms with Crippen molar-refractivity contribution in [1.82, 2.24) is 4.72 Å². The minimum atomic E-state index is -3.52. The number of nitrogen functional groups attached to an aromatic ring is 1. The molecular weight excluding hydrogens is 276 g/mol. The molecule has 0 aliphatic rings. The number of sulfonamides is 1. The van der Waals surface area contributed by atoms with Crippen molar-refractivity contribution in [1.29, 1.82) is 0 Å². The Morgan fingerprint density at radius 1 is 1.25 bits per heavy atom. The lowest BCUT2D eigenvalue weighted by molar-refractivity contribution is 0.196. The van der Waals surface area contributed by atoms with Crippen LogP contribution < -0.4 is 10.5 Å². The fraction of sp³-hybridized carbons (Fsp3) is 0.571. The molecule has 0 spiro atoms. The van der Waals surface area contributed by atoms with Gasteiger partial charge in [-0.1, -0.05) is 13.8 Å². The summed E-state index contributed by atoms with van der Waals surface area (Å²) in [6.45, 7) is 4.76. The van der Waals surface area contributed by atoms with Gasteiger partial charge >= 0.3 is 0 Å². The van der Waals surface area contributed by atoms with Crippen LogP contribution in [0.5, 0.6) is 0 Å². The molecule has 0 saturated carbocycles. The standard InChI is InChI=1S/C14H24N2O3S/c1-4-11-9-13(15)12(5-2)14(10-11)20(17,18)16-7-6-8-19-3/h9-10,16H,4-8,15H2,1-3H3. The van der Waals surface area contributed by atoms with E-state index in [1.54, 1.807) is 13.2 Å². The van der Waals surface area contributed by atoms with E-state index < -0.39 is 10.0 Å². The Labute approximate surface area is 121 Å². The van der Waals surface area contributed by atoms with Crippen LogP contribution in [0.3, 0.4) is 0 Å². The summed E-state index contributed by atoms with van der Waals surface area (Å²) in [5.74, 6) is 0. The normalized spacial score (nSPS) is 11.8. The van der Waals surface area contributed by atoms with Gasteiger partial charge in [-0.25, -0.2) is 13.1 Å². The van der Waals surface area contributed by atoms with Gasteiger partial charge in [0.05, 0.1) is 4.90 Å². The van der Waals surface area contributed by atoms with Gasteiger partial charge in [0.1, 0.15) is 0 Å². The molecule has 6 heteroatoms. The van der Waals surface area contributed by atoms with Crippen LogP contribution >= 0.6 is 0 Å². The van der Waals surface area contributed by atoms with Crippen LogP contribution in [0.1, 0.15) is 31.4 Å². The Bertz CT molecular complexity index is 542. The molecule has 0 amide bonds. The third-order valence-electron chi connectivity index (χ3n) is 3.17. The lowest BCUT2D eigenvalue weighted by atomic mass is 10.1. The third kappa shape index (κ3) is 4.19. The first-order valence-corrected chi connectivity index (χ1v) is 8.34. The number of benzene rings is 1. The van der Waals surface area contributed by atoms with Gasteiger partial charge in [0.15, 0.2) is 0 Å². The van der Waals surface area contributed by atoms with Crippen molar-refractivity contribution in [3.63, 3.8) is 0 Å². The van der Waals surface area contributed by atoms with Crippen LogP contribution in [0, 0.1) is 0 Å². The second-order valence-electron chi connectivity index (χ2n) is 4.61. The largest absolute Gasteiger partial charge is 0.398 e. The summed E-state index contributed by atoms with van der Waals surface area (Å²) in [6.07, 6.45) is 1.98. The molecule has 0 unspecified atom stereocenters. The Balaban J connectivity index is 3.06. The summed E-state index contributed by atoms with van der Waals surface area (Å²) in [5, 5.41) is 0. The minimum absolute atomic E-state index is 0.300. The van der Waals surface area contributed by atoms with Gasteiger partial charge in [-0.3, -0.25) is 0 Å². The molecule has 5 nitrogen and oxygen atoms in total. The van der Waals surface area contributed by atoms with Gasteiger partial charge in [-0.2, -0.15) is 0 Å². The van der Waals surface area contributed by atoms with Gasteiger partial charge in [-0.15, -0.1) is 0 Å². The van der Waals surface area contributed by atoms with Gasteiger partial charge in [0, 0.05) is 25.9 Å². The Kier molecular flexibility index (Phi) is 6.45. The maximum atomic E-state index is 12.4. The second-order valence-corrected chi connectivity index (χ2v) is 6.35. The molecule has 20 heavy (non-hydrogen) atoms. The highest BCUT2D eigenvalue weighted by atomic mass is 32.2. The zero-order valence-corrected chi connectivity index (χ0v) is 13.2. The van der Waals surface area contributed by atoms with Gasteiger partial charge < -0.3 is 10.5 Å². The van der Waals surface area contributed by atoms with Crippen LogP contribution in [-0.2, 0) is 27.6 Å². The lowest BCUT2D eigenvalue weighted by Crippen LogP contribution is -2.27. The summed E-state index contributed by atoms with van der Waals surface area (Å²) in [4.78, 5) is 0.300. The summed E-state index contributed by atoms with van der Waals surface area (Å²) < 4.78 is 32.3. The smallest absolute Gasteiger partial charge is 0.240 e. The molecule has 1 aromatic rings. The monoisotopic (exact) mass is 300 g/mol. The van der Waals surface area contributed by atoms with Gasteiger partial charge in [0.25, 0.3) is 0 Å². The van der Waals surface area contributed by atoms with Gasteiger partial charge in [-0.05, 0) is 42.5 Å². The lowest BCUT2D eigenvalue weighted by Gasteiger charge is -2.14. The average Bonchev–Trinajstić information content (AvgIpc) is 2.42. The molecule has 0 bridgehead atoms. The van der Waals surface area contributed by atoms with Crippen molar-refractivity contribution in [2.24, 2.45) is 0 Å². The average molecular weight is 300 g/mol. The van der Waals surface area contributed by atoms with Crippen LogP contribution in [0.2, 0.25) is 0 Å². The number of methoxy groups -OCH3 is 1. The highest BCUT2D eigenvalue weighted by Crippen LogP contribution is 2.25.